The lowest BCUT2D eigenvalue weighted by atomic mass is 9.98. The zero-order chi connectivity index (χ0) is 16.8. The summed E-state index contributed by atoms with van der Waals surface area (Å²) in [5, 5.41) is 12.3. The van der Waals surface area contributed by atoms with Gasteiger partial charge in [0.25, 0.3) is 0 Å². The molecular formula is C19H29N3O2. The summed E-state index contributed by atoms with van der Waals surface area (Å²) < 4.78 is 0. The molecular weight excluding hydrogens is 302 g/mol. The average Bonchev–Trinajstić information content (AvgIpc) is 2.91. The summed E-state index contributed by atoms with van der Waals surface area (Å²) in [6.45, 7) is 3.81. The van der Waals surface area contributed by atoms with Crippen molar-refractivity contribution in [1.82, 2.24) is 4.90 Å². The first-order valence-corrected chi connectivity index (χ1v) is 9.28. The van der Waals surface area contributed by atoms with E-state index >= 15 is 0 Å². The Morgan fingerprint density at radius 1 is 1.04 bits per heavy atom. The van der Waals surface area contributed by atoms with Crippen LogP contribution in [0.5, 0.6) is 0 Å². The number of hydrogen-bond donors (Lipinski definition) is 2. The van der Waals surface area contributed by atoms with Gasteiger partial charge in [-0.25, -0.2) is 4.79 Å². The maximum atomic E-state index is 12.6. The molecule has 2 amide bonds. The molecule has 0 radical (unpaired) electrons. The molecule has 1 aromatic carbocycles. The van der Waals surface area contributed by atoms with Crippen LogP contribution in [0.1, 0.15) is 38.5 Å². The van der Waals surface area contributed by atoms with E-state index < -0.39 is 0 Å². The number of aliphatic hydroxyl groups excluding tert-OH is 1. The summed E-state index contributed by atoms with van der Waals surface area (Å²) in [5.41, 5.74) is 2.05. The van der Waals surface area contributed by atoms with Crippen LogP contribution in [-0.2, 0) is 0 Å². The zero-order valence-electron chi connectivity index (χ0n) is 14.4. The molecule has 2 heterocycles. The van der Waals surface area contributed by atoms with Gasteiger partial charge < -0.3 is 20.2 Å². The van der Waals surface area contributed by atoms with Crippen molar-refractivity contribution in [2.75, 3.05) is 43.0 Å². The van der Waals surface area contributed by atoms with E-state index in [-0.39, 0.29) is 12.6 Å². The first kappa shape index (κ1) is 17.1. The topological polar surface area (TPSA) is 55.8 Å². The summed E-state index contributed by atoms with van der Waals surface area (Å²) in [4.78, 5) is 16.9. The standard InChI is InChI=1S/C19H29N3O2/c23-15-16-9-13-22(14-10-16)19(24)20-17-7-3-4-8-18(17)21-11-5-1-2-6-12-21/h3-4,7-8,16,23H,1-2,5-6,9-15H2,(H,20,24). The van der Waals surface area contributed by atoms with Crippen LogP contribution >= 0.6 is 0 Å². The number of likely N-dealkylation sites (tertiary alicyclic amines) is 1. The average molecular weight is 331 g/mol. The molecule has 0 aliphatic carbocycles. The first-order valence-electron chi connectivity index (χ1n) is 9.28. The zero-order valence-corrected chi connectivity index (χ0v) is 14.4. The van der Waals surface area contributed by atoms with Crippen molar-refractivity contribution in [3.63, 3.8) is 0 Å². The van der Waals surface area contributed by atoms with Gasteiger partial charge in [-0.2, -0.15) is 0 Å². The van der Waals surface area contributed by atoms with Crippen LogP contribution < -0.4 is 10.2 Å². The lowest BCUT2D eigenvalue weighted by molar-refractivity contribution is 0.143. The molecule has 2 saturated heterocycles. The Balaban J connectivity index is 1.65. The Bertz CT molecular complexity index is 533. The van der Waals surface area contributed by atoms with Gasteiger partial charge >= 0.3 is 6.03 Å². The van der Waals surface area contributed by atoms with Crippen molar-refractivity contribution >= 4 is 17.4 Å². The molecule has 2 aliphatic rings. The maximum Gasteiger partial charge on any atom is 0.321 e. The number of benzene rings is 1. The van der Waals surface area contributed by atoms with E-state index in [4.69, 9.17) is 0 Å². The number of nitrogens with one attached hydrogen (secondary N) is 1. The number of rotatable bonds is 3. The lowest BCUT2D eigenvalue weighted by Gasteiger charge is -2.32. The normalized spacial score (nSPS) is 19.9. The molecule has 2 N–H and O–H groups in total. The van der Waals surface area contributed by atoms with Gasteiger partial charge in [-0.1, -0.05) is 25.0 Å². The predicted molar refractivity (Wildman–Crippen MR) is 97.5 cm³/mol. The van der Waals surface area contributed by atoms with Gasteiger partial charge in [-0.05, 0) is 43.7 Å². The molecule has 3 rings (SSSR count). The van der Waals surface area contributed by atoms with Crippen LogP contribution in [0.4, 0.5) is 16.2 Å². The predicted octanol–water partition coefficient (Wildman–Crippen LogP) is 3.30. The summed E-state index contributed by atoms with van der Waals surface area (Å²) in [6, 6.07) is 8.11. The number of aliphatic hydroxyl groups is 1. The summed E-state index contributed by atoms with van der Waals surface area (Å²) in [5.74, 6) is 0.346. The minimum Gasteiger partial charge on any atom is -0.396 e. The number of urea groups is 1. The van der Waals surface area contributed by atoms with Crippen LogP contribution in [0, 0.1) is 5.92 Å². The highest BCUT2D eigenvalue weighted by molar-refractivity contribution is 5.93. The molecule has 5 heteroatoms. The number of anilines is 2. The fourth-order valence-electron chi connectivity index (χ4n) is 3.68. The summed E-state index contributed by atoms with van der Waals surface area (Å²) in [7, 11) is 0. The summed E-state index contributed by atoms with van der Waals surface area (Å²) >= 11 is 0. The van der Waals surface area contributed by atoms with Gasteiger partial charge in [0.15, 0.2) is 0 Å². The highest BCUT2D eigenvalue weighted by Gasteiger charge is 2.23. The largest absolute Gasteiger partial charge is 0.396 e. The Kier molecular flexibility index (Phi) is 5.96. The minimum atomic E-state index is -0.0198. The number of para-hydroxylation sites is 2. The van der Waals surface area contributed by atoms with Crippen LogP contribution in [-0.4, -0.2) is 48.8 Å². The van der Waals surface area contributed by atoms with E-state index in [2.05, 4.69) is 16.3 Å². The smallest absolute Gasteiger partial charge is 0.321 e. The SMILES string of the molecule is O=C(Nc1ccccc1N1CCCCCC1)N1CCC(CO)CC1. The molecule has 0 spiro atoms. The molecule has 0 bridgehead atoms. The third-order valence-electron chi connectivity index (χ3n) is 5.25. The van der Waals surface area contributed by atoms with Gasteiger partial charge in [0.05, 0.1) is 11.4 Å². The van der Waals surface area contributed by atoms with Crippen molar-refractivity contribution in [2.24, 2.45) is 5.92 Å². The first-order chi connectivity index (χ1) is 11.8. The van der Waals surface area contributed by atoms with E-state index in [1.54, 1.807) is 0 Å². The van der Waals surface area contributed by atoms with Crippen LogP contribution in [0.3, 0.4) is 0 Å². The van der Waals surface area contributed by atoms with Gasteiger partial charge in [-0.15, -0.1) is 0 Å². The molecule has 5 nitrogen and oxygen atoms in total. The number of hydrogen-bond acceptors (Lipinski definition) is 3. The molecule has 0 saturated carbocycles. The fraction of sp³-hybridized carbons (Fsp3) is 0.632. The van der Waals surface area contributed by atoms with Crippen molar-refractivity contribution in [1.29, 1.82) is 0 Å². The Morgan fingerprint density at radius 3 is 2.38 bits per heavy atom. The molecule has 0 aromatic heterocycles. The minimum absolute atomic E-state index is 0.0198. The van der Waals surface area contributed by atoms with Crippen LogP contribution in [0.25, 0.3) is 0 Å². The van der Waals surface area contributed by atoms with Gasteiger partial charge in [0.1, 0.15) is 0 Å². The molecule has 1 aromatic rings. The summed E-state index contributed by atoms with van der Waals surface area (Å²) in [6.07, 6.45) is 6.80. The quantitative estimate of drug-likeness (QED) is 0.893. The van der Waals surface area contributed by atoms with E-state index in [9.17, 15) is 9.90 Å². The number of amides is 2. The molecule has 0 unspecified atom stereocenters. The number of carbonyl (C=O) groups is 1. The van der Waals surface area contributed by atoms with E-state index in [1.165, 1.54) is 25.7 Å². The molecule has 132 valence electrons. The highest BCUT2D eigenvalue weighted by atomic mass is 16.3. The van der Waals surface area contributed by atoms with E-state index in [0.29, 0.717) is 5.92 Å². The molecule has 2 aliphatic heterocycles. The third kappa shape index (κ3) is 4.20. The van der Waals surface area contributed by atoms with Gasteiger partial charge in [0.2, 0.25) is 0 Å². The van der Waals surface area contributed by atoms with Crippen LogP contribution in [0.15, 0.2) is 24.3 Å². The molecule has 24 heavy (non-hydrogen) atoms. The fourth-order valence-corrected chi connectivity index (χ4v) is 3.68. The van der Waals surface area contributed by atoms with Crippen LogP contribution in [0.2, 0.25) is 0 Å². The molecule has 0 atom stereocenters. The van der Waals surface area contributed by atoms with Crippen molar-refractivity contribution in [3.05, 3.63) is 24.3 Å². The van der Waals surface area contributed by atoms with Crippen molar-refractivity contribution in [3.8, 4) is 0 Å². The number of carbonyl (C=O) groups excluding carboxylic acids is 1. The van der Waals surface area contributed by atoms with E-state index in [0.717, 1.165) is 50.4 Å². The second-order valence-electron chi connectivity index (χ2n) is 6.96. The second kappa shape index (κ2) is 8.38. The Hall–Kier alpha value is -1.75. The third-order valence-corrected chi connectivity index (χ3v) is 5.25. The highest BCUT2D eigenvalue weighted by Crippen LogP contribution is 2.28. The Morgan fingerprint density at radius 2 is 1.71 bits per heavy atom. The lowest BCUT2D eigenvalue weighted by Crippen LogP contribution is -2.41. The van der Waals surface area contributed by atoms with Crippen molar-refractivity contribution < 1.29 is 9.90 Å². The van der Waals surface area contributed by atoms with Gasteiger partial charge in [-0.3, -0.25) is 0 Å². The number of nitrogens with zero attached hydrogens (tertiary/aromatic N) is 2. The second-order valence-corrected chi connectivity index (χ2v) is 6.96. The van der Waals surface area contributed by atoms with E-state index in [1.807, 2.05) is 23.1 Å². The maximum absolute atomic E-state index is 12.6. The number of piperidine rings is 1. The van der Waals surface area contributed by atoms with Gasteiger partial charge in [0, 0.05) is 32.8 Å². The van der Waals surface area contributed by atoms with Crippen molar-refractivity contribution in [2.45, 2.75) is 38.5 Å². The monoisotopic (exact) mass is 331 g/mol. The molecule has 2 fully saturated rings. The Labute approximate surface area is 144 Å².